The first-order valence-corrected chi connectivity index (χ1v) is 9.87. The summed E-state index contributed by atoms with van der Waals surface area (Å²) >= 11 is 6.65. The van der Waals surface area contributed by atoms with Crippen LogP contribution in [0.2, 0.25) is 0 Å². The van der Waals surface area contributed by atoms with Gasteiger partial charge in [-0.15, -0.1) is 0 Å². The van der Waals surface area contributed by atoms with Crippen LogP contribution < -0.4 is 4.90 Å². The number of rotatable bonds is 5. The summed E-state index contributed by atoms with van der Waals surface area (Å²) in [6.07, 6.45) is 1.94. The van der Waals surface area contributed by atoms with Gasteiger partial charge in [-0.05, 0) is 18.4 Å². The van der Waals surface area contributed by atoms with E-state index in [0.29, 0.717) is 33.8 Å². The van der Waals surface area contributed by atoms with E-state index >= 15 is 0 Å². The zero-order chi connectivity index (χ0) is 18.1. The van der Waals surface area contributed by atoms with Crippen LogP contribution in [0.4, 0.5) is 5.69 Å². The number of anilines is 1. The molecule has 0 saturated carbocycles. The number of benzene rings is 1. The van der Waals surface area contributed by atoms with Crippen molar-refractivity contribution in [1.29, 1.82) is 0 Å². The van der Waals surface area contributed by atoms with Crippen molar-refractivity contribution in [3.8, 4) is 0 Å². The standard InChI is InChI=1S/C19H22N2O2S2/c1-4-5-10-20-14-9-7-6-8-13(14)15(17(20)22)16-18(23)21(11-12(2)3)19(24)25-16/h6-9,12H,4-5,10-11H2,1-3H3/b16-15+. The number of amides is 2. The summed E-state index contributed by atoms with van der Waals surface area (Å²) < 4.78 is 0.540. The van der Waals surface area contributed by atoms with Gasteiger partial charge in [0.25, 0.3) is 11.8 Å². The predicted octanol–water partition coefficient (Wildman–Crippen LogP) is 4.06. The molecule has 0 spiro atoms. The molecule has 0 N–H and O–H groups in total. The highest BCUT2D eigenvalue weighted by Crippen LogP contribution is 2.44. The van der Waals surface area contributed by atoms with Crippen molar-refractivity contribution in [3.63, 3.8) is 0 Å². The fraction of sp³-hybridized carbons (Fsp3) is 0.421. The van der Waals surface area contributed by atoms with Crippen molar-refractivity contribution in [2.45, 2.75) is 33.6 Å². The van der Waals surface area contributed by atoms with E-state index in [0.717, 1.165) is 24.1 Å². The normalized spacial score (nSPS) is 20.2. The topological polar surface area (TPSA) is 40.6 Å². The fourth-order valence-corrected chi connectivity index (χ4v) is 4.46. The molecule has 1 aromatic rings. The molecular weight excluding hydrogens is 352 g/mol. The maximum atomic E-state index is 13.1. The molecule has 0 atom stereocenters. The Balaban J connectivity index is 2.04. The lowest BCUT2D eigenvalue weighted by Crippen LogP contribution is -2.32. The van der Waals surface area contributed by atoms with E-state index in [-0.39, 0.29) is 11.8 Å². The molecule has 0 bridgehead atoms. The van der Waals surface area contributed by atoms with Crippen LogP contribution in [0.5, 0.6) is 0 Å². The zero-order valence-electron chi connectivity index (χ0n) is 14.7. The number of carbonyl (C=O) groups is 2. The molecule has 132 valence electrons. The van der Waals surface area contributed by atoms with Gasteiger partial charge in [-0.25, -0.2) is 0 Å². The smallest absolute Gasteiger partial charge is 0.267 e. The Hall–Kier alpha value is -1.66. The first kappa shape index (κ1) is 18.1. The summed E-state index contributed by atoms with van der Waals surface area (Å²) in [6, 6.07) is 7.70. The largest absolute Gasteiger partial charge is 0.308 e. The average Bonchev–Trinajstić information content (AvgIpc) is 3.00. The van der Waals surface area contributed by atoms with Gasteiger partial charge < -0.3 is 4.90 Å². The number of hydrogen-bond acceptors (Lipinski definition) is 4. The van der Waals surface area contributed by atoms with Crippen molar-refractivity contribution >= 4 is 51.4 Å². The van der Waals surface area contributed by atoms with Crippen LogP contribution in [0.25, 0.3) is 5.57 Å². The maximum absolute atomic E-state index is 13.1. The molecule has 0 unspecified atom stereocenters. The number of unbranched alkanes of at least 4 members (excludes halogenated alkanes) is 1. The number of thioether (sulfide) groups is 1. The van der Waals surface area contributed by atoms with Gasteiger partial charge in [-0.2, -0.15) is 0 Å². The number of carbonyl (C=O) groups excluding carboxylic acids is 2. The molecule has 2 aliphatic heterocycles. The third-order valence-corrected chi connectivity index (χ3v) is 5.73. The van der Waals surface area contributed by atoms with E-state index in [1.165, 1.54) is 11.8 Å². The highest BCUT2D eigenvalue weighted by molar-refractivity contribution is 8.26. The Kier molecular flexibility index (Phi) is 5.29. The first-order chi connectivity index (χ1) is 12.0. The van der Waals surface area contributed by atoms with E-state index in [9.17, 15) is 9.59 Å². The molecule has 25 heavy (non-hydrogen) atoms. The molecule has 1 fully saturated rings. The van der Waals surface area contributed by atoms with Gasteiger partial charge in [0.2, 0.25) is 0 Å². The molecule has 3 rings (SSSR count). The minimum atomic E-state index is -0.140. The number of fused-ring (bicyclic) bond motifs is 1. The van der Waals surface area contributed by atoms with Gasteiger partial charge in [0, 0.05) is 18.7 Å². The van der Waals surface area contributed by atoms with Crippen LogP contribution >= 0.6 is 24.0 Å². The second-order valence-corrected chi connectivity index (χ2v) is 8.35. The maximum Gasteiger partial charge on any atom is 0.267 e. The average molecular weight is 375 g/mol. The minimum absolute atomic E-state index is 0.0836. The Bertz CT molecular complexity index is 770. The summed E-state index contributed by atoms with van der Waals surface area (Å²) in [5, 5.41) is 0. The second-order valence-electron chi connectivity index (χ2n) is 6.71. The van der Waals surface area contributed by atoms with Gasteiger partial charge in [-0.3, -0.25) is 14.5 Å². The summed E-state index contributed by atoms with van der Waals surface area (Å²) in [5.74, 6) is 0.0957. The molecule has 1 aromatic carbocycles. The highest BCUT2D eigenvalue weighted by atomic mass is 32.2. The van der Waals surface area contributed by atoms with Crippen LogP contribution in [0.15, 0.2) is 29.2 Å². The Morgan fingerprint density at radius 3 is 2.52 bits per heavy atom. The van der Waals surface area contributed by atoms with Gasteiger partial charge in [0.05, 0.1) is 16.2 Å². The Labute approximate surface area is 158 Å². The number of nitrogens with zero attached hydrogens (tertiary/aromatic N) is 2. The predicted molar refractivity (Wildman–Crippen MR) is 107 cm³/mol. The van der Waals surface area contributed by atoms with Crippen LogP contribution in [-0.2, 0) is 9.59 Å². The van der Waals surface area contributed by atoms with Crippen LogP contribution in [-0.4, -0.2) is 34.1 Å². The quantitative estimate of drug-likeness (QED) is 0.576. The van der Waals surface area contributed by atoms with E-state index in [4.69, 9.17) is 12.2 Å². The molecule has 2 heterocycles. The molecule has 0 aromatic heterocycles. The molecule has 0 aliphatic carbocycles. The monoisotopic (exact) mass is 374 g/mol. The van der Waals surface area contributed by atoms with Crippen LogP contribution in [0.3, 0.4) is 0 Å². The molecule has 0 radical (unpaired) electrons. The Morgan fingerprint density at radius 1 is 1.12 bits per heavy atom. The van der Waals surface area contributed by atoms with E-state index in [2.05, 4.69) is 6.92 Å². The zero-order valence-corrected chi connectivity index (χ0v) is 16.4. The van der Waals surface area contributed by atoms with Crippen molar-refractivity contribution in [3.05, 3.63) is 34.7 Å². The highest BCUT2D eigenvalue weighted by Gasteiger charge is 2.41. The minimum Gasteiger partial charge on any atom is -0.308 e. The summed E-state index contributed by atoms with van der Waals surface area (Å²) in [7, 11) is 0. The number of thiocarbonyl (C=S) groups is 1. The molecular formula is C19H22N2O2S2. The SMILES string of the molecule is CCCCN1C(=O)/C(=C2/SC(=S)N(CC(C)C)C2=O)c2ccccc21. The van der Waals surface area contributed by atoms with Crippen molar-refractivity contribution < 1.29 is 9.59 Å². The van der Waals surface area contributed by atoms with E-state index in [1.54, 1.807) is 9.80 Å². The molecule has 6 heteroatoms. The number of hydrogen-bond donors (Lipinski definition) is 0. The van der Waals surface area contributed by atoms with Crippen molar-refractivity contribution in [2.24, 2.45) is 5.92 Å². The summed E-state index contributed by atoms with van der Waals surface area (Å²) in [5.41, 5.74) is 2.24. The number of para-hydroxylation sites is 1. The van der Waals surface area contributed by atoms with Gasteiger partial charge in [0.1, 0.15) is 4.32 Å². The lowest BCUT2D eigenvalue weighted by Gasteiger charge is -2.17. The van der Waals surface area contributed by atoms with Crippen LogP contribution in [0, 0.1) is 5.92 Å². The molecule has 2 amide bonds. The lowest BCUT2D eigenvalue weighted by atomic mass is 10.1. The second kappa shape index (κ2) is 7.30. The van der Waals surface area contributed by atoms with Crippen molar-refractivity contribution in [2.75, 3.05) is 18.0 Å². The van der Waals surface area contributed by atoms with E-state index < -0.39 is 0 Å². The first-order valence-electron chi connectivity index (χ1n) is 8.64. The Morgan fingerprint density at radius 2 is 1.84 bits per heavy atom. The third kappa shape index (κ3) is 3.25. The molecule has 1 saturated heterocycles. The fourth-order valence-electron chi connectivity index (χ4n) is 3.11. The van der Waals surface area contributed by atoms with E-state index in [1.807, 2.05) is 38.1 Å². The lowest BCUT2D eigenvalue weighted by molar-refractivity contribution is -0.122. The summed E-state index contributed by atoms with van der Waals surface area (Å²) in [6.45, 7) is 7.45. The van der Waals surface area contributed by atoms with Gasteiger partial charge in [-0.1, -0.05) is 69.4 Å². The molecule has 4 nitrogen and oxygen atoms in total. The van der Waals surface area contributed by atoms with Crippen LogP contribution in [0.1, 0.15) is 39.2 Å². The third-order valence-electron chi connectivity index (χ3n) is 4.28. The molecule has 2 aliphatic rings. The van der Waals surface area contributed by atoms with Crippen molar-refractivity contribution in [1.82, 2.24) is 4.90 Å². The van der Waals surface area contributed by atoms with Gasteiger partial charge in [0.15, 0.2) is 0 Å². The summed E-state index contributed by atoms with van der Waals surface area (Å²) in [4.78, 5) is 29.9. The van der Waals surface area contributed by atoms with Gasteiger partial charge >= 0.3 is 0 Å².